The SMILES string of the molecule is CCC(C)[P+](=O)c1c(C)ccc2c1Cc1ccccc1-2.CCOc1cccc(OCC)c1. The molecule has 2 unspecified atom stereocenters. The highest BCUT2D eigenvalue weighted by atomic mass is 31.1. The predicted octanol–water partition coefficient (Wildman–Crippen LogP) is 7.30. The number of hydrogen-bond donors (Lipinski definition) is 0. The maximum atomic E-state index is 12.9. The molecule has 168 valence electrons. The summed E-state index contributed by atoms with van der Waals surface area (Å²) in [6.45, 7) is 11.6. The topological polar surface area (TPSA) is 35.5 Å². The number of aryl methyl sites for hydroxylation is 1. The molecule has 1 aliphatic rings. The summed E-state index contributed by atoms with van der Waals surface area (Å²) in [6.07, 6.45) is 1.89. The van der Waals surface area contributed by atoms with Crippen molar-refractivity contribution < 1.29 is 14.0 Å². The highest BCUT2D eigenvalue weighted by Gasteiger charge is 2.35. The maximum absolute atomic E-state index is 12.9. The zero-order valence-corrected chi connectivity index (χ0v) is 20.7. The van der Waals surface area contributed by atoms with Gasteiger partial charge in [-0.05, 0) is 62.9 Å². The third-order valence-corrected chi connectivity index (χ3v) is 8.03. The summed E-state index contributed by atoms with van der Waals surface area (Å²) in [5.41, 5.74) is 6.69. The Morgan fingerprint density at radius 3 is 2.16 bits per heavy atom. The largest absolute Gasteiger partial charge is 0.494 e. The van der Waals surface area contributed by atoms with Crippen molar-refractivity contribution in [2.75, 3.05) is 13.2 Å². The fraction of sp³-hybridized carbons (Fsp3) is 0.357. The molecule has 4 heteroatoms. The minimum Gasteiger partial charge on any atom is -0.494 e. The highest BCUT2D eigenvalue weighted by Crippen LogP contribution is 2.41. The van der Waals surface area contributed by atoms with Gasteiger partial charge in [0.25, 0.3) is 0 Å². The molecule has 1 aliphatic carbocycles. The van der Waals surface area contributed by atoms with Gasteiger partial charge in [-0.25, -0.2) is 0 Å². The minimum absolute atomic E-state index is 0.249. The molecule has 32 heavy (non-hydrogen) atoms. The summed E-state index contributed by atoms with van der Waals surface area (Å²) in [5, 5.41) is 1.11. The van der Waals surface area contributed by atoms with E-state index < -0.39 is 7.80 Å². The van der Waals surface area contributed by atoms with Crippen molar-refractivity contribution >= 4 is 13.1 Å². The van der Waals surface area contributed by atoms with Gasteiger partial charge in [0.05, 0.1) is 13.2 Å². The number of rotatable bonds is 7. The van der Waals surface area contributed by atoms with Crippen LogP contribution in [-0.4, -0.2) is 18.9 Å². The maximum Gasteiger partial charge on any atom is 0.380 e. The smallest absolute Gasteiger partial charge is 0.380 e. The molecule has 0 fully saturated rings. The summed E-state index contributed by atoms with van der Waals surface area (Å²) >= 11 is 0. The average Bonchev–Trinajstić information content (AvgIpc) is 3.17. The first-order valence-corrected chi connectivity index (χ1v) is 12.9. The van der Waals surface area contributed by atoms with E-state index in [1.807, 2.05) is 38.1 Å². The molecule has 2 atom stereocenters. The number of benzene rings is 3. The summed E-state index contributed by atoms with van der Waals surface area (Å²) in [5.74, 6) is 1.73. The Labute approximate surface area is 193 Å². The van der Waals surface area contributed by atoms with E-state index in [2.05, 4.69) is 57.2 Å². The summed E-state index contributed by atoms with van der Waals surface area (Å²) in [6, 6.07) is 20.5. The first-order valence-electron chi connectivity index (χ1n) is 11.5. The van der Waals surface area contributed by atoms with E-state index in [-0.39, 0.29) is 5.66 Å². The van der Waals surface area contributed by atoms with Crippen LogP contribution in [0.25, 0.3) is 11.1 Å². The van der Waals surface area contributed by atoms with Crippen molar-refractivity contribution in [3.05, 3.63) is 77.4 Å². The molecule has 0 radical (unpaired) electrons. The van der Waals surface area contributed by atoms with E-state index >= 15 is 0 Å². The lowest BCUT2D eigenvalue weighted by Crippen LogP contribution is -2.13. The second-order valence-corrected chi connectivity index (χ2v) is 10.00. The van der Waals surface area contributed by atoms with E-state index in [1.54, 1.807) is 0 Å². The van der Waals surface area contributed by atoms with Crippen LogP contribution in [0.2, 0.25) is 0 Å². The van der Waals surface area contributed by atoms with E-state index in [9.17, 15) is 4.57 Å². The van der Waals surface area contributed by atoms with E-state index in [0.29, 0.717) is 13.2 Å². The third-order valence-electron chi connectivity index (χ3n) is 5.80. The van der Waals surface area contributed by atoms with Gasteiger partial charge in [0.15, 0.2) is 11.0 Å². The van der Waals surface area contributed by atoms with Crippen LogP contribution in [0.1, 0.15) is 50.8 Å². The summed E-state index contributed by atoms with van der Waals surface area (Å²) < 4.78 is 23.5. The standard InChI is InChI=1S/C18H20OP.C10H14O2/c1-4-13(3)20(19)18-12(2)9-10-16-15-8-6-5-7-14(15)11-17(16)18;1-3-11-9-6-5-7-10(8-9)12-4-2/h5-10,13H,4,11H2,1-3H3;5-8H,3-4H2,1-2H3/q+1;. The molecule has 0 N–H and O–H groups in total. The normalized spacial score (nSPS) is 12.7. The Morgan fingerprint density at radius 1 is 0.875 bits per heavy atom. The van der Waals surface area contributed by atoms with Gasteiger partial charge in [-0.15, -0.1) is 0 Å². The molecule has 0 aliphatic heterocycles. The van der Waals surface area contributed by atoms with Gasteiger partial charge in [-0.3, -0.25) is 0 Å². The van der Waals surface area contributed by atoms with Crippen molar-refractivity contribution in [1.29, 1.82) is 0 Å². The minimum atomic E-state index is -1.31. The van der Waals surface area contributed by atoms with Gasteiger partial charge >= 0.3 is 7.80 Å². The van der Waals surface area contributed by atoms with Crippen LogP contribution in [-0.2, 0) is 11.0 Å². The molecule has 3 aromatic rings. The predicted molar refractivity (Wildman–Crippen MR) is 135 cm³/mol. The van der Waals surface area contributed by atoms with Gasteiger partial charge in [-0.1, -0.05) is 54.0 Å². The fourth-order valence-corrected chi connectivity index (χ4v) is 5.65. The van der Waals surface area contributed by atoms with Gasteiger partial charge in [0, 0.05) is 23.6 Å². The van der Waals surface area contributed by atoms with Crippen LogP contribution in [0.3, 0.4) is 0 Å². The highest BCUT2D eigenvalue weighted by molar-refractivity contribution is 7.54. The molecular formula is C28H34O3P+. The third kappa shape index (κ3) is 5.40. The van der Waals surface area contributed by atoms with Crippen LogP contribution in [0, 0.1) is 6.92 Å². The second kappa shape index (κ2) is 11.3. The van der Waals surface area contributed by atoms with Crippen molar-refractivity contribution in [3.8, 4) is 22.6 Å². The summed E-state index contributed by atoms with van der Waals surface area (Å²) in [4.78, 5) is 0. The Morgan fingerprint density at radius 2 is 1.53 bits per heavy atom. The van der Waals surface area contributed by atoms with E-state index in [0.717, 1.165) is 29.6 Å². The molecule has 0 spiro atoms. The molecule has 3 aromatic carbocycles. The molecule has 0 bridgehead atoms. The zero-order valence-electron chi connectivity index (χ0n) is 19.9. The quantitative estimate of drug-likeness (QED) is 0.278. The van der Waals surface area contributed by atoms with Crippen molar-refractivity contribution in [3.63, 3.8) is 0 Å². The monoisotopic (exact) mass is 449 g/mol. The van der Waals surface area contributed by atoms with Gasteiger partial charge in [0.1, 0.15) is 11.5 Å². The fourth-order valence-electron chi connectivity index (χ4n) is 3.99. The Bertz CT molecular complexity index is 1050. The van der Waals surface area contributed by atoms with Crippen LogP contribution in [0.4, 0.5) is 0 Å². The molecule has 0 amide bonds. The summed E-state index contributed by atoms with van der Waals surface area (Å²) in [7, 11) is -1.31. The number of hydrogen-bond acceptors (Lipinski definition) is 3. The number of ether oxygens (including phenoxy) is 2. The molecule has 4 rings (SSSR count). The molecule has 3 nitrogen and oxygen atoms in total. The first-order chi connectivity index (χ1) is 15.5. The molecule has 0 heterocycles. The Hall–Kier alpha value is -2.64. The lowest BCUT2D eigenvalue weighted by atomic mass is 10.0. The number of fused-ring (bicyclic) bond motifs is 3. The average molecular weight is 450 g/mol. The van der Waals surface area contributed by atoms with E-state index in [4.69, 9.17) is 9.47 Å². The second-order valence-electron chi connectivity index (χ2n) is 8.02. The first kappa shape index (κ1) is 24.0. The van der Waals surface area contributed by atoms with E-state index in [1.165, 1.54) is 27.8 Å². The van der Waals surface area contributed by atoms with Crippen LogP contribution in [0.15, 0.2) is 60.7 Å². The van der Waals surface area contributed by atoms with Gasteiger partial charge < -0.3 is 9.47 Å². The van der Waals surface area contributed by atoms with Crippen molar-refractivity contribution in [2.45, 2.75) is 53.1 Å². The zero-order chi connectivity index (χ0) is 23.1. The lowest BCUT2D eigenvalue weighted by Gasteiger charge is -2.06. The van der Waals surface area contributed by atoms with Crippen LogP contribution < -0.4 is 14.8 Å². The van der Waals surface area contributed by atoms with Crippen LogP contribution >= 0.6 is 7.80 Å². The Kier molecular flexibility index (Phi) is 8.47. The molecule has 0 saturated carbocycles. The molecule has 0 saturated heterocycles. The van der Waals surface area contributed by atoms with Crippen molar-refractivity contribution in [1.82, 2.24) is 0 Å². The molecule has 0 aromatic heterocycles. The van der Waals surface area contributed by atoms with Crippen molar-refractivity contribution in [2.24, 2.45) is 0 Å². The van der Waals surface area contributed by atoms with Gasteiger partial charge in [0.2, 0.25) is 0 Å². The van der Waals surface area contributed by atoms with Crippen LogP contribution in [0.5, 0.6) is 11.5 Å². The Balaban J connectivity index is 0.000000207. The van der Waals surface area contributed by atoms with Gasteiger partial charge in [-0.2, -0.15) is 0 Å². The lowest BCUT2D eigenvalue weighted by molar-refractivity contribution is 0.323. The molecular weight excluding hydrogens is 415 g/mol.